The molecule has 0 aromatic rings. The Hall–Kier alpha value is -1.14. The Bertz CT molecular complexity index is 1040. The fourth-order valence-corrected chi connectivity index (χ4v) is 10.8. The molecule has 0 heterocycles. The van der Waals surface area contributed by atoms with Crippen LogP contribution in [0.4, 0.5) is 0 Å². The lowest BCUT2D eigenvalue weighted by molar-refractivity contribution is -0.143. The molecule has 2 unspecified atom stereocenters. The third-order valence-electron chi connectivity index (χ3n) is 15.9. The Morgan fingerprint density at radius 1 is 0.333 bits per heavy atom. The molecule has 0 fully saturated rings. The summed E-state index contributed by atoms with van der Waals surface area (Å²) >= 11 is 0. The van der Waals surface area contributed by atoms with E-state index in [1.165, 1.54) is 302 Å². The van der Waals surface area contributed by atoms with E-state index < -0.39 is 12.1 Å². The zero-order valence-corrected chi connectivity index (χ0v) is 49.2. The lowest BCUT2D eigenvalue weighted by Gasteiger charge is -2.22. The molecular formula is C66H131NO5. The Kier molecular flexibility index (Phi) is 61.4. The van der Waals surface area contributed by atoms with Gasteiger partial charge in [-0.2, -0.15) is 0 Å². The second-order valence-electron chi connectivity index (χ2n) is 23.2. The van der Waals surface area contributed by atoms with Crippen LogP contribution in [0, 0.1) is 0 Å². The number of aliphatic hydroxyl groups excluding tert-OH is 2. The number of aliphatic hydroxyl groups is 2. The molecule has 0 aliphatic rings. The number of unbranched alkanes of at least 4 members (excludes halogenated alkanes) is 52. The first-order chi connectivity index (χ1) is 35.5. The number of hydrogen-bond donors (Lipinski definition) is 3. The van der Waals surface area contributed by atoms with Gasteiger partial charge < -0.3 is 20.3 Å². The van der Waals surface area contributed by atoms with Gasteiger partial charge in [0.15, 0.2) is 0 Å². The SMILES string of the molecule is CCCCCCCCCCCCCCCCCCCCCCCCCCCC(O)C(CO)NC(=O)CCCCCCCCCCCCCCCOC(=O)CCCCCCCCCCCCCCCCCCC. The maximum atomic E-state index is 12.5. The van der Waals surface area contributed by atoms with Gasteiger partial charge >= 0.3 is 5.97 Å². The molecule has 0 aromatic heterocycles. The van der Waals surface area contributed by atoms with Gasteiger partial charge in [0.05, 0.1) is 25.4 Å². The van der Waals surface area contributed by atoms with Crippen molar-refractivity contribution in [2.75, 3.05) is 13.2 Å². The fourth-order valence-electron chi connectivity index (χ4n) is 10.8. The van der Waals surface area contributed by atoms with Crippen LogP contribution in [0.1, 0.15) is 386 Å². The highest BCUT2D eigenvalue weighted by atomic mass is 16.5. The van der Waals surface area contributed by atoms with Crippen molar-refractivity contribution in [2.45, 2.75) is 398 Å². The van der Waals surface area contributed by atoms with Crippen molar-refractivity contribution in [1.29, 1.82) is 0 Å². The largest absolute Gasteiger partial charge is 0.466 e. The molecule has 2 atom stereocenters. The van der Waals surface area contributed by atoms with Crippen molar-refractivity contribution in [3.8, 4) is 0 Å². The van der Waals surface area contributed by atoms with Crippen LogP contribution in [0.2, 0.25) is 0 Å². The molecule has 0 spiro atoms. The maximum Gasteiger partial charge on any atom is 0.305 e. The van der Waals surface area contributed by atoms with Crippen LogP contribution >= 0.6 is 0 Å². The van der Waals surface area contributed by atoms with Crippen molar-refractivity contribution < 1.29 is 24.5 Å². The number of carbonyl (C=O) groups is 2. The second kappa shape index (κ2) is 62.4. The predicted molar refractivity (Wildman–Crippen MR) is 315 cm³/mol. The van der Waals surface area contributed by atoms with Gasteiger partial charge in [-0.25, -0.2) is 0 Å². The summed E-state index contributed by atoms with van der Waals surface area (Å²) in [4.78, 5) is 24.6. The highest BCUT2D eigenvalue weighted by Gasteiger charge is 2.20. The van der Waals surface area contributed by atoms with E-state index in [4.69, 9.17) is 4.74 Å². The molecule has 0 bridgehead atoms. The average molecular weight is 1020 g/mol. The van der Waals surface area contributed by atoms with Crippen molar-refractivity contribution in [2.24, 2.45) is 0 Å². The minimum atomic E-state index is -0.673. The molecule has 6 heteroatoms. The first-order valence-electron chi connectivity index (χ1n) is 33.3. The predicted octanol–water partition coefficient (Wildman–Crippen LogP) is 21.0. The first kappa shape index (κ1) is 70.9. The Morgan fingerprint density at radius 2 is 0.569 bits per heavy atom. The zero-order chi connectivity index (χ0) is 52.2. The third kappa shape index (κ3) is 58.1. The first-order valence-corrected chi connectivity index (χ1v) is 33.3. The van der Waals surface area contributed by atoms with Gasteiger partial charge in [-0.1, -0.05) is 348 Å². The van der Waals surface area contributed by atoms with E-state index in [0.717, 1.165) is 51.4 Å². The van der Waals surface area contributed by atoms with Crippen LogP contribution in [-0.4, -0.2) is 47.4 Å². The Labute approximate surface area is 451 Å². The molecule has 0 aromatic carbocycles. The summed E-state index contributed by atoms with van der Waals surface area (Å²) in [6, 6.07) is -0.551. The van der Waals surface area contributed by atoms with Gasteiger partial charge in [0.1, 0.15) is 0 Å². The number of amides is 1. The van der Waals surface area contributed by atoms with Crippen molar-refractivity contribution in [3.63, 3.8) is 0 Å². The Morgan fingerprint density at radius 3 is 0.847 bits per heavy atom. The summed E-state index contributed by atoms with van der Waals surface area (Å²) in [7, 11) is 0. The van der Waals surface area contributed by atoms with Gasteiger partial charge in [0.25, 0.3) is 0 Å². The quantitative estimate of drug-likeness (QED) is 0.0417. The van der Waals surface area contributed by atoms with E-state index in [-0.39, 0.29) is 18.5 Å². The molecule has 3 N–H and O–H groups in total. The lowest BCUT2D eigenvalue weighted by Crippen LogP contribution is -2.45. The van der Waals surface area contributed by atoms with Crippen LogP contribution < -0.4 is 5.32 Å². The highest BCUT2D eigenvalue weighted by molar-refractivity contribution is 5.76. The summed E-state index contributed by atoms with van der Waals surface area (Å²) in [6.07, 6.45) is 74.1. The molecular weight excluding hydrogens is 887 g/mol. The van der Waals surface area contributed by atoms with Crippen LogP contribution in [0.15, 0.2) is 0 Å². The van der Waals surface area contributed by atoms with Gasteiger partial charge in [0.2, 0.25) is 5.91 Å². The molecule has 430 valence electrons. The minimum absolute atomic E-state index is 0.000487. The molecule has 0 aliphatic heterocycles. The molecule has 1 amide bonds. The molecule has 0 radical (unpaired) electrons. The van der Waals surface area contributed by atoms with Crippen molar-refractivity contribution >= 4 is 11.9 Å². The number of rotatable bonds is 63. The van der Waals surface area contributed by atoms with Crippen LogP contribution in [0.5, 0.6) is 0 Å². The molecule has 6 nitrogen and oxygen atoms in total. The lowest BCUT2D eigenvalue weighted by atomic mass is 10.0. The van der Waals surface area contributed by atoms with Gasteiger partial charge in [-0.15, -0.1) is 0 Å². The number of esters is 1. The van der Waals surface area contributed by atoms with Gasteiger partial charge in [-0.3, -0.25) is 9.59 Å². The summed E-state index contributed by atoms with van der Waals surface area (Å²) in [5.74, 6) is -0.0413. The van der Waals surface area contributed by atoms with Crippen LogP contribution in [0.3, 0.4) is 0 Å². The summed E-state index contributed by atoms with van der Waals surface area (Å²) in [5, 5.41) is 23.4. The Balaban J connectivity index is 3.41. The summed E-state index contributed by atoms with van der Waals surface area (Å²) in [5.41, 5.74) is 0. The van der Waals surface area contributed by atoms with Crippen LogP contribution in [0.25, 0.3) is 0 Å². The van der Waals surface area contributed by atoms with Crippen molar-refractivity contribution in [1.82, 2.24) is 5.32 Å². The van der Waals surface area contributed by atoms with Crippen LogP contribution in [-0.2, 0) is 14.3 Å². The smallest absolute Gasteiger partial charge is 0.305 e. The van der Waals surface area contributed by atoms with E-state index in [1.54, 1.807) is 0 Å². The fraction of sp³-hybridized carbons (Fsp3) is 0.970. The van der Waals surface area contributed by atoms with E-state index >= 15 is 0 Å². The highest BCUT2D eigenvalue weighted by Crippen LogP contribution is 2.19. The molecule has 0 aliphatic carbocycles. The van der Waals surface area contributed by atoms with Gasteiger partial charge in [-0.05, 0) is 25.7 Å². The standard InChI is InChI=1S/C66H131NO5/c1-3-5-7-9-11-13-15-17-19-21-22-23-24-25-26-27-28-30-31-34-38-42-46-50-54-58-64(69)63(62-68)67-65(70)59-55-51-47-43-39-35-33-37-41-45-49-53-57-61-72-66(71)60-56-52-48-44-40-36-32-29-20-18-16-14-12-10-8-6-4-2/h63-64,68-69H,3-62H2,1-2H3,(H,67,70). The van der Waals surface area contributed by atoms with E-state index in [1.807, 2.05) is 0 Å². The second-order valence-corrected chi connectivity index (χ2v) is 23.2. The average Bonchev–Trinajstić information content (AvgIpc) is 3.38. The van der Waals surface area contributed by atoms with E-state index in [2.05, 4.69) is 19.2 Å². The molecule has 0 saturated carbocycles. The number of ether oxygens (including phenoxy) is 1. The molecule has 72 heavy (non-hydrogen) atoms. The monoisotopic (exact) mass is 1020 g/mol. The van der Waals surface area contributed by atoms with E-state index in [9.17, 15) is 19.8 Å². The third-order valence-corrected chi connectivity index (χ3v) is 15.9. The van der Waals surface area contributed by atoms with Crippen molar-refractivity contribution in [3.05, 3.63) is 0 Å². The minimum Gasteiger partial charge on any atom is -0.466 e. The summed E-state index contributed by atoms with van der Waals surface area (Å²) in [6.45, 7) is 4.97. The maximum absolute atomic E-state index is 12.5. The molecule has 0 rings (SSSR count). The van der Waals surface area contributed by atoms with E-state index in [0.29, 0.717) is 25.9 Å². The topological polar surface area (TPSA) is 95.9 Å². The summed E-state index contributed by atoms with van der Waals surface area (Å²) < 4.78 is 5.49. The number of carbonyl (C=O) groups excluding carboxylic acids is 2. The number of nitrogens with one attached hydrogen (secondary N) is 1. The van der Waals surface area contributed by atoms with Gasteiger partial charge in [0, 0.05) is 12.8 Å². The zero-order valence-electron chi connectivity index (χ0n) is 49.2. The molecule has 0 saturated heterocycles. The number of hydrogen-bond acceptors (Lipinski definition) is 5. The normalized spacial score (nSPS) is 12.4.